The van der Waals surface area contributed by atoms with Crippen molar-refractivity contribution in [1.29, 1.82) is 0 Å². The van der Waals surface area contributed by atoms with Crippen LogP contribution in [0.3, 0.4) is 0 Å². The summed E-state index contributed by atoms with van der Waals surface area (Å²) in [5, 5.41) is 4.64. The molecule has 0 atom stereocenters. The average Bonchev–Trinajstić information content (AvgIpc) is 2.94. The van der Waals surface area contributed by atoms with E-state index in [2.05, 4.69) is 20.1 Å². The van der Waals surface area contributed by atoms with Crippen LogP contribution >= 0.6 is 11.8 Å². The van der Waals surface area contributed by atoms with Crippen LogP contribution in [0.4, 0.5) is 0 Å². The Morgan fingerprint density at radius 1 is 1.27 bits per heavy atom. The Morgan fingerprint density at radius 3 is 2.82 bits per heavy atom. The third kappa shape index (κ3) is 3.19. The summed E-state index contributed by atoms with van der Waals surface area (Å²) in [7, 11) is 0. The molecule has 0 bridgehead atoms. The summed E-state index contributed by atoms with van der Waals surface area (Å²) in [5.74, 6) is 1.92. The molecule has 0 fully saturated rings. The molecule has 22 heavy (non-hydrogen) atoms. The number of nitrogens with zero attached hydrogens (tertiary/aromatic N) is 4. The second-order valence-corrected chi connectivity index (χ2v) is 7.28. The molecule has 3 rings (SSSR count). The highest BCUT2D eigenvalue weighted by Crippen LogP contribution is 2.25. The first-order valence-electron chi connectivity index (χ1n) is 7.28. The Kier molecular flexibility index (Phi) is 3.99. The number of ketones is 1. The van der Waals surface area contributed by atoms with Crippen molar-refractivity contribution in [3.05, 3.63) is 29.2 Å². The molecule has 2 heterocycles. The molecule has 0 amide bonds. The first-order chi connectivity index (χ1) is 10.4. The predicted molar refractivity (Wildman–Crippen MR) is 81.9 cm³/mol. The number of aryl methyl sites for hydroxylation is 1. The van der Waals surface area contributed by atoms with E-state index in [-0.39, 0.29) is 11.2 Å². The third-order valence-corrected chi connectivity index (χ3v) is 4.27. The van der Waals surface area contributed by atoms with Gasteiger partial charge < -0.3 is 4.52 Å². The molecular formula is C15H18N4O2S. The van der Waals surface area contributed by atoms with E-state index in [0.717, 1.165) is 18.5 Å². The van der Waals surface area contributed by atoms with E-state index in [1.54, 1.807) is 6.20 Å². The minimum Gasteiger partial charge on any atom is -0.338 e. The zero-order valence-electron chi connectivity index (χ0n) is 12.9. The summed E-state index contributed by atoms with van der Waals surface area (Å²) in [4.78, 5) is 24.9. The van der Waals surface area contributed by atoms with Gasteiger partial charge in [-0.15, -0.1) is 0 Å². The summed E-state index contributed by atoms with van der Waals surface area (Å²) >= 11 is 1.44. The Hall–Kier alpha value is -1.76. The van der Waals surface area contributed by atoms with Gasteiger partial charge in [-0.2, -0.15) is 4.98 Å². The SMILES string of the molecule is CC(C)(C)c1noc(CSc2ncc3c(n2)CCCC3=O)n1. The second kappa shape index (κ2) is 5.79. The second-order valence-electron chi connectivity index (χ2n) is 6.34. The number of rotatable bonds is 3. The maximum absolute atomic E-state index is 11.8. The van der Waals surface area contributed by atoms with Crippen molar-refractivity contribution < 1.29 is 9.32 Å². The summed E-state index contributed by atoms with van der Waals surface area (Å²) in [5.41, 5.74) is 1.40. The lowest BCUT2D eigenvalue weighted by atomic mass is 9.96. The first-order valence-corrected chi connectivity index (χ1v) is 8.27. The van der Waals surface area contributed by atoms with Gasteiger partial charge in [-0.05, 0) is 12.8 Å². The molecule has 0 aromatic carbocycles. The van der Waals surface area contributed by atoms with Crippen LogP contribution in [0.5, 0.6) is 0 Å². The van der Waals surface area contributed by atoms with Crippen molar-refractivity contribution in [1.82, 2.24) is 20.1 Å². The highest BCUT2D eigenvalue weighted by atomic mass is 32.2. The fraction of sp³-hybridized carbons (Fsp3) is 0.533. The lowest BCUT2D eigenvalue weighted by Crippen LogP contribution is -2.13. The van der Waals surface area contributed by atoms with E-state index >= 15 is 0 Å². The van der Waals surface area contributed by atoms with Gasteiger partial charge in [-0.1, -0.05) is 37.7 Å². The van der Waals surface area contributed by atoms with Gasteiger partial charge in [0.05, 0.1) is 17.0 Å². The van der Waals surface area contributed by atoms with Crippen LogP contribution in [0, 0.1) is 0 Å². The van der Waals surface area contributed by atoms with E-state index < -0.39 is 0 Å². The summed E-state index contributed by atoms with van der Waals surface area (Å²) < 4.78 is 5.25. The Bertz CT molecular complexity index is 706. The van der Waals surface area contributed by atoms with Crippen LogP contribution in [0.2, 0.25) is 0 Å². The van der Waals surface area contributed by atoms with Gasteiger partial charge in [0.1, 0.15) is 0 Å². The lowest BCUT2D eigenvalue weighted by molar-refractivity contribution is 0.0970. The number of thioether (sulfide) groups is 1. The number of carbonyl (C=O) groups excluding carboxylic acids is 1. The van der Waals surface area contributed by atoms with Gasteiger partial charge in [0.2, 0.25) is 5.89 Å². The molecule has 0 saturated heterocycles. The fourth-order valence-electron chi connectivity index (χ4n) is 2.19. The molecule has 2 aromatic rings. The van der Waals surface area contributed by atoms with Crippen LogP contribution in [0.1, 0.15) is 61.4 Å². The average molecular weight is 318 g/mol. The van der Waals surface area contributed by atoms with E-state index in [4.69, 9.17) is 4.52 Å². The number of hydrogen-bond acceptors (Lipinski definition) is 7. The number of aromatic nitrogens is 4. The van der Waals surface area contributed by atoms with Crippen LogP contribution in [0.25, 0.3) is 0 Å². The van der Waals surface area contributed by atoms with Crippen molar-refractivity contribution in [2.45, 2.75) is 56.4 Å². The molecule has 6 nitrogen and oxygen atoms in total. The van der Waals surface area contributed by atoms with Crippen LogP contribution in [-0.4, -0.2) is 25.9 Å². The molecule has 0 unspecified atom stereocenters. The quantitative estimate of drug-likeness (QED) is 0.635. The van der Waals surface area contributed by atoms with Crippen molar-refractivity contribution in [2.24, 2.45) is 0 Å². The molecule has 7 heteroatoms. The topological polar surface area (TPSA) is 81.8 Å². The molecule has 116 valence electrons. The van der Waals surface area contributed by atoms with E-state index in [1.807, 2.05) is 20.8 Å². The minimum atomic E-state index is -0.130. The van der Waals surface area contributed by atoms with Crippen molar-refractivity contribution in [3.63, 3.8) is 0 Å². The first kappa shape index (κ1) is 15.1. The van der Waals surface area contributed by atoms with Gasteiger partial charge in [0.15, 0.2) is 16.8 Å². The molecule has 0 radical (unpaired) electrons. The highest BCUT2D eigenvalue weighted by Gasteiger charge is 2.22. The normalized spacial score (nSPS) is 15.0. The summed E-state index contributed by atoms with van der Waals surface area (Å²) in [6, 6.07) is 0. The third-order valence-electron chi connectivity index (χ3n) is 3.43. The highest BCUT2D eigenvalue weighted by molar-refractivity contribution is 7.98. The van der Waals surface area contributed by atoms with Gasteiger partial charge in [-0.3, -0.25) is 4.79 Å². The van der Waals surface area contributed by atoms with Gasteiger partial charge in [-0.25, -0.2) is 9.97 Å². The van der Waals surface area contributed by atoms with Gasteiger partial charge in [0.25, 0.3) is 0 Å². The van der Waals surface area contributed by atoms with E-state index in [1.165, 1.54) is 11.8 Å². The standard InChI is InChI=1S/C15H18N4O2S/c1-15(2,3)13-18-12(21-19-13)8-22-14-16-7-9-10(17-14)5-4-6-11(9)20/h7H,4-6,8H2,1-3H3. The van der Waals surface area contributed by atoms with E-state index in [0.29, 0.717) is 34.6 Å². The molecule has 1 aliphatic carbocycles. The number of carbonyl (C=O) groups is 1. The molecule has 0 spiro atoms. The van der Waals surface area contributed by atoms with Crippen molar-refractivity contribution in [3.8, 4) is 0 Å². The largest absolute Gasteiger partial charge is 0.338 e. The number of fused-ring (bicyclic) bond motifs is 1. The zero-order valence-corrected chi connectivity index (χ0v) is 13.7. The van der Waals surface area contributed by atoms with E-state index in [9.17, 15) is 4.79 Å². The zero-order chi connectivity index (χ0) is 15.7. The Labute approximate surface area is 133 Å². The van der Waals surface area contributed by atoms with Crippen LogP contribution in [0.15, 0.2) is 15.9 Å². The van der Waals surface area contributed by atoms with Crippen molar-refractivity contribution >= 4 is 17.5 Å². The van der Waals surface area contributed by atoms with Gasteiger partial charge in [0, 0.05) is 18.0 Å². The van der Waals surface area contributed by atoms with Crippen LogP contribution < -0.4 is 0 Å². The molecule has 2 aromatic heterocycles. The summed E-state index contributed by atoms with van der Waals surface area (Å²) in [6.07, 6.45) is 3.94. The number of hydrogen-bond donors (Lipinski definition) is 0. The smallest absolute Gasteiger partial charge is 0.237 e. The Balaban J connectivity index is 1.69. The van der Waals surface area contributed by atoms with Gasteiger partial charge >= 0.3 is 0 Å². The number of Topliss-reactive ketones (excluding diaryl/α,β-unsaturated/α-hetero) is 1. The fourth-order valence-corrected chi connectivity index (χ4v) is 2.86. The lowest BCUT2D eigenvalue weighted by Gasteiger charge is -2.13. The molecule has 0 saturated carbocycles. The molecule has 0 aliphatic heterocycles. The minimum absolute atomic E-state index is 0.130. The maximum atomic E-state index is 11.8. The van der Waals surface area contributed by atoms with Crippen molar-refractivity contribution in [2.75, 3.05) is 0 Å². The predicted octanol–water partition coefficient (Wildman–Crippen LogP) is 2.97. The monoisotopic (exact) mass is 318 g/mol. The molecule has 0 N–H and O–H groups in total. The summed E-state index contributed by atoms with van der Waals surface area (Å²) in [6.45, 7) is 6.12. The maximum Gasteiger partial charge on any atom is 0.237 e. The van der Waals surface area contributed by atoms with Crippen LogP contribution in [-0.2, 0) is 17.6 Å². The molecule has 1 aliphatic rings. The molecular weight excluding hydrogens is 300 g/mol. The Morgan fingerprint density at radius 2 is 2.09 bits per heavy atom.